The Bertz CT molecular complexity index is 218. The average Bonchev–Trinajstić information content (AvgIpc) is 2.15. The van der Waals surface area contributed by atoms with Crippen LogP contribution >= 0.6 is 0 Å². The van der Waals surface area contributed by atoms with Crippen molar-refractivity contribution in [1.82, 2.24) is 10.6 Å². The Balaban J connectivity index is 2.17. The van der Waals surface area contributed by atoms with Crippen molar-refractivity contribution in [3.63, 3.8) is 0 Å². The van der Waals surface area contributed by atoms with E-state index in [9.17, 15) is 9.59 Å². The molecule has 1 unspecified atom stereocenters. The molecular weight excluding hydrogens is 184 g/mol. The van der Waals surface area contributed by atoms with E-state index in [1.165, 1.54) is 0 Å². The first-order valence-electron chi connectivity index (χ1n) is 4.89. The van der Waals surface area contributed by atoms with Gasteiger partial charge in [-0.1, -0.05) is 0 Å². The van der Waals surface area contributed by atoms with Gasteiger partial charge in [0.1, 0.15) is 0 Å². The van der Waals surface area contributed by atoms with E-state index in [1.807, 2.05) is 6.92 Å². The maximum absolute atomic E-state index is 11.2. The molecule has 5 nitrogen and oxygen atoms in total. The van der Waals surface area contributed by atoms with E-state index in [-0.39, 0.29) is 17.9 Å². The number of ether oxygens (including phenoxy) is 1. The third-order valence-corrected chi connectivity index (χ3v) is 2.08. The largest absolute Gasteiger partial charge is 0.380 e. The van der Waals surface area contributed by atoms with Gasteiger partial charge in [0.05, 0.1) is 12.6 Å². The lowest BCUT2D eigenvalue weighted by Crippen LogP contribution is -2.51. The average molecular weight is 200 g/mol. The molecule has 1 rings (SSSR count). The highest BCUT2D eigenvalue weighted by Gasteiger charge is 2.25. The van der Waals surface area contributed by atoms with Gasteiger partial charge in [-0.05, 0) is 13.3 Å². The molecule has 1 atom stereocenters. The van der Waals surface area contributed by atoms with Crippen LogP contribution in [0.1, 0.15) is 19.8 Å². The molecule has 0 aromatic heterocycles. The number of rotatable bonds is 5. The van der Waals surface area contributed by atoms with E-state index >= 15 is 0 Å². The standard InChI is InChI=1S/C9H16N2O3/c1-2-14-6-5-10-7-3-4-8(12)11-9(7)13/h7,10H,2-6H2,1H3,(H,11,12,13). The number of hydrogen-bond donors (Lipinski definition) is 2. The lowest BCUT2D eigenvalue weighted by Gasteiger charge is -2.21. The van der Waals surface area contributed by atoms with Crippen molar-refractivity contribution in [3.05, 3.63) is 0 Å². The van der Waals surface area contributed by atoms with Crippen LogP contribution in [0.5, 0.6) is 0 Å². The lowest BCUT2D eigenvalue weighted by molar-refractivity contribution is -0.134. The van der Waals surface area contributed by atoms with Crippen LogP contribution in [0, 0.1) is 0 Å². The molecule has 1 heterocycles. The molecule has 1 aliphatic heterocycles. The Morgan fingerprint density at radius 2 is 2.36 bits per heavy atom. The highest BCUT2D eigenvalue weighted by atomic mass is 16.5. The fraction of sp³-hybridized carbons (Fsp3) is 0.778. The summed E-state index contributed by atoms with van der Waals surface area (Å²) in [6.45, 7) is 3.83. The molecule has 0 aromatic rings. The van der Waals surface area contributed by atoms with Crippen LogP contribution in [0.15, 0.2) is 0 Å². The van der Waals surface area contributed by atoms with Crippen molar-refractivity contribution in [3.8, 4) is 0 Å². The molecule has 80 valence electrons. The second-order valence-electron chi connectivity index (χ2n) is 3.15. The van der Waals surface area contributed by atoms with Crippen LogP contribution in [0.2, 0.25) is 0 Å². The van der Waals surface area contributed by atoms with Gasteiger partial charge in [-0.2, -0.15) is 0 Å². The molecule has 0 radical (unpaired) electrons. The smallest absolute Gasteiger partial charge is 0.243 e. The molecule has 0 spiro atoms. The van der Waals surface area contributed by atoms with E-state index in [2.05, 4.69) is 10.6 Å². The van der Waals surface area contributed by atoms with Gasteiger partial charge in [0, 0.05) is 19.6 Å². The van der Waals surface area contributed by atoms with Crippen LogP contribution in [-0.4, -0.2) is 37.6 Å². The highest BCUT2D eigenvalue weighted by Crippen LogP contribution is 2.03. The van der Waals surface area contributed by atoms with E-state index in [0.717, 1.165) is 0 Å². The van der Waals surface area contributed by atoms with Crippen molar-refractivity contribution in [2.45, 2.75) is 25.8 Å². The predicted molar refractivity (Wildman–Crippen MR) is 50.7 cm³/mol. The van der Waals surface area contributed by atoms with Crippen LogP contribution in [-0.2, 0) is 14.3 Å². The molecular formula is C9H16N2O3. The molecule has 0 saturated carbocycles. The first-order chi connectivity index (χ1) is 6.74. The summed E-state index contributed by atoms with van der Waals surface area (Å²) in [6, 6.07) is -0.242. The zero-order valence-corrected chi connectivity index (χ0v) is 8.34. The molecule has 1 saturated heterocycles. The summed E-state index contributed by atoms with van der Waals surface area (Å²) in [5.74, 6) is -0.407. The van der Waals surface area contributed by atoms with E-state index in [0.29, 0.717) is 32.6 Å². The van der Waals surface area contributed by atoms with Gasteiger partial charge < -0.3 is 10.1 Å². The summed E-state index contributed by atoms with van der Waals surface area (Å²) >= 11 is 0. The number of imide groups is 1. The van der Waals surface area contributed by atoms with E-state index in [4.69, 9.17) is 4.74 Å². The van der Waals surface area contributed by atoms with Crippen molar-refractivity contribution < 1.29 is 14.3 Å². The maximum Gasteiger partial charge on any atom is 0.243 e. The lowest BCUT2D eigenvalue weighted by atomic mass is 10.1. The van der Waals surface area contributed by atoms with Crippen molar-refractivity contribution in [2.75, 3.05) is 19.8 Å². The minimum atomic E-state index is -0.242. The molecule has 2 N–H and O–H groups in total. The minimum absolute atomic E-state index is 0.183. The first kappa shape index (κ1) is 11.1. The number of nitrogens with one attached hydrogen (secondary N) is 2. The van der Waals surface area contributed by atoms with Gasteiger partial charge in [-0.15, -0.1) is 0 Å². The topological polar surface area (TPSA) is 67.4 Å². The highest BCUT2D eigenvalue weighted by molar-refractivity contribution is 6.00. The molecule has 1 aliphatic rings. The van der Waals surface area contributed by atoms with E-state index < -0.39 is 0 Å². The third kappa shape index (κ3) is 3.43. The predicted octanol–water partition coefficient (Wildman–Crippen LogP) is -0.582. The molecule has 0 bridgehead atoms. The third-order valence-electron chi connectivity index (χ3n) is 2.08. The maximum atomic E-state index is 11.2. The normalized spacial score (nSPS) is 22.2. The molecule has 0 aliphatic carbocycles. The number of amides is 2. The van der Waals surface area contributed by atoms with Crippen molar-refractivity contribution in [2.24, 2.45) is 0 Å². The number of carbonyl (C=O) groups excluding carboxylic acids is 2. The minimum Gasteiger partial charge on any atom is -0.380 e. The fourth-order valence-electron chi connectivity index (χ4n) is 1.34. The van der Waals surface area contributed by atoms with Crippen molar-refractivity contribution in [1.29, 1.82) is 0 Å². The number of hydrogen-bond acceptors (Lipinski definition) is 4. The van der Waals surface area contributed by atoms with Crippen molar-refractivity contribution >= 4 is 11.8 Å². The quantitative estimate of drug-likeness (QED) is 0.460. The Morgan fingerprint density at radius 1 is 1.57 bits per heavy atom. The summed E-state index contributed by atoms with van der Waals surface area (Å²) in [5, 5.41) is 5.33. The van der Waals surface area contributed by atoms with E-state index in [1.54, 1.807) is 0 Å². The van der Waals surface area contributed by atoms with Gasteiger partial charge in [0.15, 0.2) is 0 Å². The zero-order valence-electron chi connectivity index (χ0n) is 8.34. The Labute approximate surface area is 83.2 Å². The Morgan fingerprint density at radius 3 is 3.00 bits per heavy atom. The second kappa shape index (κ2) is 5.72. The van der Waals surface area contributed by atoms with Gasteiger partial charge >= 0.3 is 0 Å². The summed E-state index contributed by atoms with van der Waals surface area (Å²) in [5.41, 5.74) is 0. The molecule has 0 aromatic carbocycles. The monoisotopic (exact) mass is 200 g/mol. The number of carbonyl (C=O) groups is 2. The zero-order chi connectivity index (χ0) is 10.4. The molecule has 2 amide bonds. The fourth-order valence-corrected chi connectivity index (χ4v) is 1.34. The molecule has 14 heavy (non-hydrogen) atoms. The van der Waals surface area contributed by atoms with Gasteiger partial charge in [0.2, 0.25) is 11.8 Å². The Kier molecular flexibility index (Phi) is 4.55. The summed E-state index contributed by atoms with van der Waals surface area (Å²) in [7, 11) is 0. The SMILES string of the molecule is CCOCCNC1CCC(=O)NC1=O. The van der Waals surface area contributed by atoms with Crippen LogP contribution in [0.4, 0.5) is 0 Å². The summed E-state index contributed by atoms with van der Waals surface area (Å²) in [4.78, 5) is 22.0. The van der Waals surface area contributed by atoms with Crippen LogP contribution in [0.3, 0.4) is 0 Å². The van der Waals surface area contributed by atoms with Crippen LogP contribution in [0.25, 0.3) is 0 Å². The molecule has 1 fully saturated rings. The van der Waals surface area contributed by atoms with Gasteiger partial charge in [0.25, 0.3) is 0 Å². The van der Waals surface area contributed by atoms with Crippen LogP contribution < -0.4 is 10.6 Å². The second-order valence-corrected chi connectivity index (χ2v) is 3.15. The summed E-state index contributed by atoms with van der Waals surface area (Å²) in [6.07, 6.45) is 0.995. The molecule has 5 heteroatoms. The van der Waals surface area contributed by atoms with Gasteiger partial charge in [-0.3, -0.25) is 14.9 Å². The Hall–Kier alpha value is -0.940. The van der Waals surface area contributed by atoms with Gasteiger partial charge in [-0.25, -0.2) is 0 Å². The number of piperidine rings is 1. The first-order valence-corrected chi connectivity index (χ1v) is 4.89. The summed E-state index contributed by atoms with van der Waals surface area (Å²) < 4.78 is 5.12.